The van der Waals surface area contributed by atoms with Gasteiger partial charge >= 0.3 is 0 Å². The fourth-order valence-corrected chi connectivity index (χ4v) is 2.88. The van der Waals surface area contributed by atoms with Crippen LogP contribution in [0, 0.1) is 0 Å². The first-order valence-corrected chi connectivity index (χ1v) is 9.27. The van der Waals surface area contributed by atoms with Gasteiger partial charge in [-0.2, -0.15) is 0 Å². The summed E-state index contributed by atoms with van der Waals surface area (Å²) < 4.78 is 0. The number of carbonyl (C=O) groups excluding carboxylic acids is 1. The lowest BCUT2D eigenvalue weighted by atomic mass is 10.1. The first-order valence-electron chi connectivity index (χ1n) is 9.27. The lowest BCUT2D eigenvalue weighted by molar-refractivity contribution is -0.121. The quantitative estimate of drug-likeness (QED) is 0.697. The van der Waals surface area contributed by atoms with Gasteiger partial charge < -0.3 is 5.32 Å². The first kappa shape index (κ1) is 19.2. The van der Waals surface area contributed by atoms with Gasteiger partial charge in [-0.3, -0.25) is 9.69 Å². The zero-order valence-corrected chi connectivity index (χ0v) is 15.4. The van der Waals surface area contributed by atoms with Gasteiger partial charge in [0.1, 0.15) is 0 Å². The number of benzene rings is 2. The third-order valence-electron chi connectivity index (χ3n) is 4.44. The number of hydrogen-bond donors (Lipinski definition) is 1. The molecule has 1 N–H and O–H groups in total. The van der Waals surface area contributed by atoms with E-state index in [0.29, 0.717) is 12.5 Å². The molecule has 2 aromatic carbocycles. The standard InChI is InChI=1S/C22H30N2O/c1-3-16-23-22(25)15-14-19(2)24(17-20-10-6-4-7-11-20)18-21-12-8-5-9-13-21/h4-13,19H,3,14-18H2,1-2H3,(H,23,25)/t19-/m1/s1. The highest BCUT2D eigenvalue weighted by Crippen LogP contribution is 2.16. The van der Waals surface area contributed by atoms with Crippen molar-refractivity contribution in [1.82, 2.24) is 10.2 Å². The van der Waals surface area contributed by atoms with Gasteiger partial charge in [-0.1, -0.05) is 67.6 Å². The summed E-state index contributed by atoms with van der Waals surface area (Å²) in [4.78, 5) is 14.4. The smallest absolute Gasteiger partial charge is 0.220 e. The van der Waals surface area contributed by atoms with Crippen LogP contribution in [0.4, 0.5) is 0 Å². The summed E-state index contributed by atoms with van der Waals surface area (Å²) in [6.07, 6.45) is 2.44. The highest BCUT2D eigenvalue weighted by molar-refractivity contribution is 5.75. The zero-order chi connectivity index (χ0) is 17.9. The van der Waals surface area contributed by atoms with Crippen LogP contribution < -0.4 is 5.32 Å². The van der Waals surface area contributed by atoms with E-state index in [1.807, 2.05) is 12.1 Å². The van der Waals surface area contributed by atoms with Crippen LogP contribution in [0.25, 0.3) is 0 Å². The molecule has 0 aliphatic heterocycles. The van der Waals surface area contributed by atoms with E-state index < -0.39 is 0 Å². The van der Waals surface area contributed by atoms with Gasteiger partial charge in [-0.05, 0) is 30.9 Å². The van der Waals surface area contributed by atoms with E-state index in [1.165, 1.54) is 11.1 Å². The fraction of sp³-hybridized carbons (Fsp3) is 0.409. The molecule has 2 aromatic rings. The molecular weight excluding hydrogens is 308 g/mol. The van der Waals surface area contributed by atoms with Gasteiger partial charge in [-0.25, -0.2) is 0 Å². The molecule has 0 saturated heterocycles. The Morgan fingerprint density at radius 3 is 1.96 bits per heavy atom. The molecule has 3 nitrogen and oxygen atoms in total. The molecule has 0 aromatic heterocycles. The van der Waals surface area contributed by atoms with E-state index in [-0.39, 0.29) is 5.91 Å². The van der Waals surface area contributed by atoms with E-state index in [0.717, 1.165) is 32.5 Å². The third kappa shape index (κ3) is 7.10. The molecule has 0 spiro atoms. The minimum absolute atomic E-state index is 0.160. The van der Waals surface area contributed by atoms with Gasteiger partial charge in [-0.15, -0.1) is 0 Å². The molecule has 3 heteroatoms. The van der Waals surface area contributed by atoms with Crippen LogP contribution in [0.3, 0.4) is 0 Å². The summed E-state index contributed by atoms with van der Waals surface area (Å²) >= 11 is 0. The van der Waals surface area contributed by atoms with Gasteiger partial charge in [0, 0.05) is 32.1 Å². The van der Waals surface area contributed by atoms with Gasteiger partial charge in [0.15, 0.2) is 0 Å². The van der Waals surface area contributed by atoms with Crippen molar-refractivity contribution < 1.29 is 4.79 Å². The second-order valence-corrected chi connectivity index (χ2v) is 6.61. The summed E-state index contributed by atoms with van der Waals surface area (Å²) in [5.74, 6) is 0.160. The predicted molar refractivity (Wildman–Crippen MR) is 104 cm³/mol. The molecule has 2 rings (SSSR count). The number of nitrogens with one attached hydrogen (secondary N) is 1. The van der Waals surface area contributed by atoms with E-state index in [4.69, 9.17) is 0 Å². The normalized spacial score (nSPS) is 12.1. The van der Waals surface area contributed by atoms with Crippen molar-refractivity contribution >= 4 is 5.91 Å². The highest BCUT2D eigenvalue weighted by Gasteiger charge is 2.16. The van der Waals surface area contributed by atoms with Gasteiger partial charge in [0.05, 0.1) is 0 Å². The Kier molecular flexibility index (Phi) is 8.20. The van der Waals surface area contributed by atoms with Crippen LogP contribution in [0.5, 0.6) is 0 Å². The molecule has 0 unspecified atom stereocenters. The summed E-state index contributed by atoms with van der Waals surface area (Å²) in [6, 6.07) is 21.4. The van der Waals surface area contributed by atoms with Crippen molar-refractivity contribution in [2.45, 2.75) is 52.2 Å². The second-order valence-electron chi connectivity index (χ2n) is 6.61. The van der Waals surface area contributed by atoms with Crippen molar-refractivity contribution in [2.24, 2.45) is 0 Å². The van der Waals surface area contributed by atoms with Crippen LogP contribution in [-0.4, -0.2) is 23.4 Å². The molecule has 0 saturated carbocycles. The topological polar surface area (TPSA) is 32.3 Å². The van der Waals surface area contributed by atoms with E-state index in [9.17, 15) is 4.79 Å². The van der Waals surface area contributed by atoms with Crippen molar-refractivity contribution in [3.05, 3.63) is 71.8 Å². The Morgan fingerprint density at radius 1 is 0.960 bits per heavy atom. The SMILES string of the molecule is CCCNC(=O)CC[C@@H](C)N(Cc1ccccc1)Cc1ccccc1. The van der Waals surface area contributed by atoms with E-state index >= 15 is 0 Å². The minimum atomic E-state index is 0.160. The summed E-state index contributed by atoms with van der Waals surface area (Å²) in [6.45, 7) is 6.86. The molecule has 25 heavy (non-hydrogen) atoms. The van der Waals surface area contributed by atoms with Crippen LogP contribution in [-0.2, 0) is 17.9 Å². The van der Waals surface area contributed by atoms with Gasteiger partial charge in [0.2, 0.25) is 5.91 Å². The molecule has 0 aliphatic rings. The van der Waals surface area contributed by atoms with Crippen LogP contribution >= 0.6 is 0 Å². The zero-order valence-electron chi connectivity index (χ0n) is 15.4. The number of nitrogens with zero attached hydrogens (tertiary/aromatic N) is 1. The highest BCUT2D eigenvalue weighted by atomic mass is 16.1. The van der Waals surface area contributed by atoms with Crippen molar-refractivity contribution in [2.75, 3.05) is 6.54 Å². The fourth-order valence-electron chi connectivity index (χ4n) is 2.88. The summed E-state index contributed by atoms with van der Waals surface area (Å²) in [5, 5.41) is 2.97. The average molecular weight is 338 g/mol. The summed E-state index contributed by atoms with van der Waals surface area (Å²) in [7, 11) is 0. The summed E-state index contributed by atoms with van der Waals surface area (Å²) in [5.41, 5.74) is 2.61. The maximum atomic E-state index is 11.9. The van der Waals surface area contributed by atoms with E-state index in [2.05, 4.69) is 72.6 Å². The number of carbonyl (C=O) groups is 1. The maximum Gasteiger partial charge on any atom is 0.220 e. The molecule has 0 fully saturated rings. The molecule has 1 atom stereocenters. The first-order chi connectivity index (χ1) is 12.2. The Labute approximate surface area is 152 Å². The minimum Gasteiger partial charge on any atom is -0.356 e. The van der Waals surface area contributed by atoms with Gasteiger partial charge in [0.25, 0.3) is 0 Å². The van der Waals surface area contributed by atoms with Crippen molar-refractivity contribution in [3.63, 3.8) is 0 Å². The largest absolute Gasteiger partial charge is 0.356 e. The lowest BCUT2D eigenvalue weighted by Crippen LogP contribution is -2.34. The number of amides is 1. The lowest BCUT2D eigenvalue weighted by Gasteiger charge is -2.29. The van der Waals surface area contributed by atoms with Crippen LogP contribution in [0.15, 0.2) is 60.7 Å². The van der Waals surface area contributed by atoms with Crippen LogP contribution in [0.1, 0.15) is 44.2 Å². The Bertz CT molecular complexity index is 571. The Hall–Kier alpha value is -2.13. The number of hydrogen-bond acceptors (Lipinski definition) is 2. The van der Waals surface area contributed by atoms with Crippen LogP contribution in [0.2, 0.25) is 0 Å². The van der Waals surface area contributed by atoms with Crippen molar-refractivity contribution in [1.29, 1.82) is 0 Å². The number of rotatable bonds is 10. The molecule has 0 heterocycles. The van der Waals surface area contributed by atoms with Crippen molar-refractivity contribution in [3.8, 4) is 0 Å². The Morgan fingerprint density at radius 2 is 1.48 bits per heavy atom. The average Bonchev–Trinajstić information content (AvgIpc) is 2.65. The molecule has 1 amide bonds. The molecule has 0 aliphatic carbocycles. The molecular formula is C22H30N2O. The molecule has 0 radical (unpaired) electrons. The monoisotopic (exact) mass is 338 g/mol. The molecule has 134 valence electrons. The predicted octanol–water partition coefficient (Wildman–Crippen LogP) is 4.38. The third-order valence-corrected chi connectivity index (χ3v) is 4.44. The second kappa shape index (κ2) is 10.7. The van der Waals surface area contributed by atoms with E-state index in [1.54, 1.807) is 0 Å². The Balaban J connectivity index is 1.98. The maximum absolute atomic E-state index is 11.9. The molecule has 0 bridgehead atoms.